The van der Waals surface area contributed by atoms with E-state index in [1.807, 2.05) is 31.2 Å². The van der Waals surface area contributed by atoms with E-state index in [0.717, 1.165) is 43.9 Å². The molecular weight excluding hydrogens is 438 g/mol. The molecule has 3 aromatic carbocycles. The Hall–Kier alpha value is -3.77. The minimum absolute atomic E-state index is 0.109. The molecule has 1 saturated heterocycles. The zero-order valence-corrected chi connectivity index (χ0v) is 20.2. The van der Waals surface area contributed by atoms with Crippen molar-refractivity contribution in [3.63, 3.8) is 0 Å². The maximum Gasteiger partial charge on any atom is 0.422 e. The van der Waals surface area contributed by atoms with Crippen molar-refractivity contribution in [2.45, 2.75) is 26.6 Å². The maximum atomic E-state index is 12.5. The van der Waals surface area contributed by atoms with E-state index in [1.165, 1.54) is 21.3 Å². The molecule has 35 heavy (non-hydrogen) atoms. The minimum atomic E-state index is -0.409. The van der Waals surface area contributed by atoms with Crippen molar-refractivity contribution >= 4 is 16.8 Å². The van der Waals surface area contributed by atoms with E-state index in [0.29, 0.717) is 17.8 Å². The van der Waals surface area contributed by atoms with Crippen LogP contribution in [0.3, 0.4) is 0 Å². The smallest absolute Gasteiger partial charge is 0.422 e. The maximum absolute atomic E-state index is 12.5. The van der Waals surface area contributed by atoms with Crippen LogP contribution in [0.4, 0.5) is 5.69 Å². The van der Waals surface area contributed by atoms with Crippen molar-refractivity contribution < 1.29 is 9.15 Å². The summed E-state index contributed by atoms with van der Waals surface area (Å²) in [7, 11) is 0. The van der Waals surface area contributed by atoms with Crippen LogP contribution in [0.5, 0.6) is 0 Å². The number of hydrogen-bond acceptors (Lipinski definition) is 5. The average molecular weight is 470 g/mol. The molecular formula is C29H31N3O3. The molecule has 0 spiro atoms. The molecule has 1 fully saturated rings. The first-order valence-corrected chi connectivity index (χ1v) is 12.2. The number of allylic oxidation sites excluding steroid dienone is 1. The summed E-state index contributed by atoms with van der Waals surface area (Å²) in [4.78, 5) is 17.3. The van der Waals surface area contributed by atoms with E-state index in [4.69, 9.17) is 9.15 Å². The topological polar surface area (TPSA) is 50.9 Å². The number of aromatic nitrogens is 1. The fourth-order valence-corrected chi connectivity index (χ4v) is 4.58. The lowest BCUT2D eigenvalue weighted by Gasteiger charge is -2.36. The standard InChI is InChI=1S/C29H31N3O3/c1-3-22(2)34-21-32-27-14-8-13-26(28(27)35-29(32)33)31-17-15-30(16-18-31)20-23-9-7-12-25(19-23)24-10-5-4-6-11-24/h4-14,19H,2-3,15-18,20-21H2,1H3. The number of piperazine rings is 1. The predicted octanol–water partition coefficient (Wildman–Crippen LogP) is 5.48. The van der Waals surface area contributed by atoms with Gasteiger partial charge >= 0.3 is 5.76 Å². The van der Waals surface area contributed by atoms with Crippen molar-refractivity contribution in [1.29, 1.82) is 0 Å². The molecule has 6 heteroatoms. The molecule has 0 saturated carbocycles. The summed E-state index contributed by atoms with van der Waals surface area (Å²) in [5.41, 5.74) is 6.13. The Bertz CT molecular complexity index is 1360. The third-order valence-electron chi connectivity index (χ3n) is 6.62. The van der Waals surface area contributed by atoms with Crippen molar-refractivity contribution in [3.05, 3.63) is 101 Å². The second-order valence-electron chi connectivity index (χ2n) is 8.92. The number of anilines is 1. The molecule has 1 aromatic heterocycles. The molecule has 4 aromatic rings. The first kappa shape index (κ1) is 23.0. The molecule has 0 radical (unpaired) electrons. The van der Waals surface area contributed by atoms with Gasteiger partial charge in [-0.2, -0.15) is 0 Å². The third kappa shape index (κ3) is 5.03. The van der Waals surface area contributed by atoms with Crippen LogP contribution in [-0.4, -0.2) is 35.6 Å². The number of hydrogen-bond donors (Lipinski definition) is 0. The Kier molecular flexibility index (Phi) is 6.73. The van der Waals surface area contributed by atoms with E-state index in [9.17, 15) is 4.79 Å². The normalized spacial score (nSPS) is 14.4. The van der Waals surface area contributed by atoms with Gasteiger partial charge < -0.3 is 14.1 Å². The van der Waals surface area contributed by atoms with Gasteiger partial charge in [0, 0.05) is 39.1 Å². The van der Waals surface area contributed by atoms with Crippen LogP contribution in [0, 0.1) is 0 Å². The largest absolute Gasteiger partial charge is 0.478 e. The van der Waals surface area contributed by atoms with E-state index in [-0.39, 0.29) is 6.73 Å². The second kappa shape index (κ2) is 10.2. The van der Waals surface area contributed by atoms with Gasteiger partial charge in [-0.25, -0.2) is 9.36 Å². The van der Waals surface area contributed by atoms with E-state index in [2.05, 4.69) is 64.9 Å². The number of nitrogens with zero attached hydrogens (tertiary/aromatic N) is 3. The Balaban J connectivity index is 1.27. The summed E-state index contributed by atoms with van der Waals surface area (Å²) < 4.78 is 12.8. The SMILES string of the molecule is C=C(CC)OCn1c(=O)oc2c(N3CCN(Cc4cccc(-c5ccccc5)c4)CC3)cccc21. The first-order valence-electron chi connectivity index (χ1n) is 12.2. The van der Waals surface area contributed by atoms with Crippen molar-refractivity contribution in [2.24, 2.45) is 0 Å². The Morgan fingerprint density at radius 1 is 0.943 bits per heavy atom. The zero-order chi connectivity index (χ0) is 24.2. The van der Waals surface area contributed by atoms with Crippen LogP contribution in [0.15, 0.2) is 94.3 Å². The van der Waals surface area contributed by atoms with Gasteiger partial charge in [0.2, 0.25) is 0 Å². The lowest BCUT2D eigenvalue weighted by Crippen LogP contribution is -2.46. The molecule has 180 valence electrons. The molecule has 0 amide bonds. The van der Waals surface area contributed by atoms with Crippen LogP contribution >= 0.6 is 0 Å². The fourth-order valence-electron chi connectivity index (χ4n) is 4.58. The lowest BCUT2D eigenvalue weighted by molar-refractivity contribution is 0.136. The van der Waals surface area contributed by atoms with Gasteiger partial charge in [0.15, 0.2) is 12.3 Å². The average Bonchev–Trinajstić information content (AvgIpc) is 3.23. The van der Waals surface area contributed by atoms with E-state index >= 15 is 0 Å². The highest BCUT2D eigenvalue weighted by Crippen LogP contribution is 2.28. The highest BCUT2D eigenvalue weighted by atomic mass is 16.5. The molecule has 2 heterocycles. The lowest BCUT2D eigenvalue weighted by atomic mass is 10.0. The van der Waals surface area contributed by atoms with Gasteiger partial charge in [-0.15, -0.1) is 0 Å². The summed E-state index contributed by atoms with van der Waals surface area (Å²) in [5, 5.41) is 0. The minimum Gasteiger partial charge on any atom is -0.478 e. The molecule has 5 rings (SSSR count). The highest BCUT2D eigenvalue weighted by molar-refractivity contribution is 5.87. The predicted molar refractivity (Wildman–Crippen MR) is 140 cm³/mol. The molecule has 0 atom stereocenters. The van der Waals surface area contributed by atoms with Crippen LogP contribution < -0.4 is 10.7 Å². The van der Waals surface area contributed by atoms with Crippen molar-refractivity contribution in [1.82, 2.24) is 9.47 Å². The number of ether oxygens (including phenoxy) is 1. The second-order valence-corrected chi connectivity index (χ2v) is 8.92. The van der Waals surface area contributed by atoms with E-state index in [1.54, 1.807) is 0 Å². The summed E-state index contributed by atoms with van der Waals surface area (Å²) in [6.07, 6.45) is 0.705. The van der Waals surface area contributed by atoms with Gasteiger partial charge in [-0.3, -0.25) is 4.90 Å². The summed E-state index contributed by atoms with van der Waals surface area (Å²) >= 11 is 0. The van der Waals surface area contributed by atoms with Crippen LogP contribution in [-0.2, 0) is 18.0 Å². The number of rotatable bonds is 8. The quantitative estimate of drug-likeness (QED) is 0.320. The summed E-state index contributed by atoms with van der Waals surface area (Å²) in [5.74, 6) is 0.237. The number of oxazole rings is 1. The van der Waals surface area contributed by atoms with Crippen molar-refractivity contribution in [3.8, 4) is 11.1 Å². The Morgan fingerprint density at radius 2 is 1.69 bits per heavy atom. The number of benzene rings is 3. The van der Waals surface area contributed by atoms with Gasteiger partial charge in [-0.1, -0.05) is 68.1 Å². The number of para-hydroxylation sites is 1. The molecule has 0 unspecified atom stereocenters. The van der Waals surface area contributed by atoms with Gasteiger partial charge in [0.05, 0.1) is 17.0 Å². The van der Waals surface area contributed by atoms with Gasteiger partial charge in [-0.05, 0) is 34.9 Å². The van der Waals surface area contributed by atoms with Crippen LogP contribution in [0.1, 0.15) is 18.9 Å². The van der Waals surface area contributed by atoms with E-state index < -0.39 is 5.76 Å². The molecule has 6 nitrogen and oxygen atoms in total. The summed E-state index contributed by atoms with van der Waals surface area (Å²) in [6, 6.07) is 25.2. The molecule has 1 aliphatic heterocycles. The monoisotopic (exact) mass is 469 g/mol. The third-order valence-corrected chi connectivity index (χ3v) is 6.62. The first-order chi connectivity index (χ1) is 17.1. The molecule has 1 aliphatic rings. The van der Waals surface area contributed by atoms with Crippen molar-refractivity contribution in [2.75, 3.05) is 31.1 Å². The summed E-state index contributed by atoms with van der Waals surface area (Å²) in [6.45, 7) is 10.5. The fraction of sp³-hybridized carbons (Fsp3) is 0.276. The molecule has 0 aliphatic carbocycles. The van der Waals surface area contributed by atoms with Gasteiger partial charge in [0.25, 0.3) is 0 Å². The number of fused-ring (bicyclic) bond motifs is 1. The Labute approximate surface area is 205 Å². The van der Waals surface area contributed by atoms with Gasteiger partial charge in [0.1, 0.15) is 0 Å². The molecule has 0 bridgehead atoms. The molecule has 0 N–H and O–H groups in total. The Morgan fingerprint density at radius 3 is 2.46 bits per heavy atom. The zero-order valence-electron chi connectivity index (χ0n) is 20.2. The van der Waals surface area contributed by atoms with Crippen LogP contribution in [0.25, 0.3) is 22.2 Å². The van der Waals surface area contributed by atoms with Crippen LogP contribution in [0.2, 0.25) is 0 Å². The highest BCUT2D eigenvalue weighted by Gasteiger charge is 2.22.